The number of halogens is 6. The van der Waals surface area contributed by atoms with Crippen molar-refractivity contribution in [1.29, 1.82) is 0 Å². The molecule has 0 spiro atoms. The Kier molecular flexibility index (Phi) is 7.98. The van der Waals surface area contributed by atoms with Gasteiger partial charge in [-0.3, -0.25) is 9.59 Å². The first-order valence-corrected chi connectivity index (χ1v) is 12.8. The number of aromatic nitrogens is 1. The van der Waals surface area contributed by atoms with Crippen molar-refractivity contribution < 1.29 is 36.3 Å². The van der Waals surface area contributed by atoms with Crippen molar-refractivity contribution in [3.05, 3.63) is 52.7 Å². The van der Waals surface area contributed by atoms with Crippen LogP contribution in [0.25, 0.3) is 0 Å². The lowest BCUT2D eigenvalue weighted by molar-refractivity contribution is -0.149. The lowest BCUT2D eigenvalue weighted by Crippen LogP contribution is -2.55. The quantitative estimate of drug-likeness (QED) is 0.352. The van der Waals surface area contributed by atoms with Gasteiger partial charge in [0.1, 0.15) is 17.6 Å². The predicted octanol–water partition coefficient (Wildman–Crippen LogP) is 5.17. The van der Waals surface area contributed by atoms with Gasteiger partial charge in [0.15, 0.2) is 17.2 Å². The fourth-order valence-electron chi connectivity index (χ4n) is 4.97. The fourth-order valence-corrected chi connectivity index (χ4v) is 5.16. The molecule has 13 heteroatoms. The van der Waals surface area contributed by atoms with E-state index < -0.39 is 41.3 Å². The number of carbonyl (C=O) groups excluding carboxylic acids is 2. The third-order valence-electron chi connectivity index (χ3n) is 7.07. The summed E-state index contributed by atoms with van der Waals surface area (Å²) in [5.74, 6) is -3.13. The van der Waals surface area contributed by atoms with Gasteiger partial charge in [-0.05, 0) is 64.7 Å². The minimum atomic E-state index is -4.55. The zero-order chi connectivity index (χ0) is 28.7. The number of ether oxygens (including phenoxy) is 1. The van der Waals surface area contributed by atoms with Crippen LogP contribution in [0.4, 0.5) is 27.8 Å². The van der Waals surface area contributed by atoms with Gasteiger partial charge >= 0.3 is 6.18 Å². The number of fused-ring (bicyclic) bond motifs is 2. The number of alkyl halides is 3. The van der Waals surface area contributed by atoms with E-state index in [1.165, 1.54) is 26.1 Å². The molecule has 0 saturated carbocycles. The van der Waals surface area contributed by atoms with Gasteiger partial charge in [-0.1, -0.05) is 11.6 Å². The van der Waals surface area contributed by atoms with Gasteiger partial charge in [0.2, 0.25) is 0 Å². The summed E-state index contributed by atoms with van der Waals surface area (Å²) in [4.78, 5) is 31.7. The van der Waals surface area contributed by atoms with Crippen molar-refractivity contribution >= 4 is 29.2 Å². The molecular formula is C26H28ClF5N4O3. The summed E-state index contributed by atoms with van der Waals surface area (Å²) >= 11 is 5.95. The molecule has 1 unspecified atom stereocenters. The Morgan fingerprint density at radius 3 is 2.28 bits per heavy atom. The highest BCUT2D eigenvalue weighted by atomic mass is 35.5. The normalized spacial score (nSPS) is 21.9. The average Bonchev–Trinajstić information content (AvgIpc) is 3.11. The molecule has 2 saturated heterocycles. The van der Waals surface area contributed by atoms with Gasteiger partial charge < -0.3 is 20.3 Å². The smallest absolute Gasteiger partial charge is 0.408 e. The Morgan fingerprint density at radius 2 is 1.72 bits per heavy atom. The lowest BCUT2D eigenvalue weighted by atomic mass is 9.96. The van der Waals surface area contributed by atoms with E-state index in [0.717, 1.165) is 31.9 Å². The molecule has 2 N–H and O–H groups in total. The zero-order valence-electron chi connectivity index (χ0n) is 21.4. The first-order chi connectivity index (χ1) is 18.2. The van der Waals surface area contributed by atoms with Crippen LogP contribution in [-0.4, -0.2) is 52.7 Å². The number of hydrogen-bond donors (Lipinski definition) is 2. The van der Waals surface area contributed by atoms with Crippen molar-refractivity contribution in [2.45, 2.75) is 82.4 Å². The van der Waals surface area contributed by atoms with Crippen LogP contribution in [0.15, 0.2) is 30.5 Å². The van der Waals surface area contributed by atoms with Crippen LogP contribution in [0.5, 0.6) is 5.75 Å². The predicted molar refractivity (Wildman–Crippen MR) is 134 cm³/mol. The molecule has 7 nitrogen and oxygen atoms in total. The molecule has 39 heavy (non-hydrogen) atoms. The summed E-state index contributed by atoms with van der Waals surface area (Å²) in [6, 6.07) is 2.57. The highest BCUT2D eigenvalue weighted by Gasteiger charge is 2.43. The number of carbonyl (C=O) groups is 2. The van der Waals surface area contributed by atoms with Crippen molar-refractivity contribution in [2.75, 3.05) is 4.90 Å². The van der Waals surface area contributed by atoms with Gasteiger partial charge in [-0.15, -0.1) is 0 Å². The topological polar surface area (TPSA) is 83.6 Å². The number of nitrogens with zero attached hydrogens (tertiary/aromatic N) is 2. The number of pyridine rings is 1. The number of rotatable bonds is 7. The largest absolute Gasteiger partial charge is 0.476 e. The highest BCUT2D eigenvalue weighted by molar-refractivity contribution is 6.32. The van der Waals surface area contributed by atoms with E-state index >= 15 is 0 Å². The van der Waals surface area contributed by atoms with E-state index in [0.29, 0.717) is 18.7 Å². The van der Waals surface area contributed by atoms with E-state index in [9.17, 15) is 31.5 Å². The van der Waals surface area contributed by atoms with Crippen molar-refractivity contribution in [2.24, 2.45) is 0 Å². The minimum Gasteiger partial charge on any atom is -0.476 e. The molecule has 2 bridgehead atoms. The van der Waals surface area contributed by atoms with E-state index in [1.54, 1.807) is 6.07 Å². The summed E-state index contributed by atoms with van der Waals surface area (Å²) in [5.41, 5.74) is -1.40. The molecule has 1 aromatic heterocycles. The Morgan fingerprint density at radius 1 is 1.10 bits per heavy atom. The monoisotopic (exact) mass is 574 g/mol. The second-order valence-corrected chi connectivity index (χ2v) is 10.8. The Labute approximate surface area is 227 Å². The third-order valence-corrected chi connectivity index (χ3v) is 7.36. The Hall–Kier alpha value is -3.15. The highest BCUT2D eigenvalue weighted by Crippen LogP contribution is 2.39. The molecule has 2 amide bonds. The van der Waals surface area contributed by atoms with Crippen molar-refractivity contribution in [3.8, 4) is 5.75 Å². The van der Waals surface area contributed by atoms with Gasteiger partial charge in [0, 0.05) is 30.4 Å². The van der Waals surface area contributed by atoms with Crippen LogP contribution in [0.2, 0.25) is 5.02 Å². The second kappa shape index (κ2) is 10.8. The zero-order valence-corrected chi connectivity index (χ0v) is 22.2. The molecule has 2 aliphatic rings. The standard InChI is InChI=1S/C26H28ClF5N4O3/c1-13(26(30,31)32)34-23(37)14-4-7-22(33-12-14)36-16-5-6-17(36)9-15(8-16)35-24(38)25(2,3)39-21-11-20(29)19(28)10-18(21)27/h4,7,10-13,15-17H,5-6,8-9H2,1-3H3,(H,34,37)(H,35,38)/t13-,15?,16-,17+/m1/s1. The number of benzene rings is 1. The molecule has 4 atom stereocenters. The first-order valence-electron chi connectivity index (χ1n) is 12.4. The summed E-state index contributed by atoms with van der Waals surface area (Å²) < 4.78 is 70.9. The third kappa shape index (κ3) is 6.37. The van der Waals surface area contributed by atoms with E-state index in [4.69, 9.17) is 16.3 Å². The second-order valence-electron chi connectivity index (χ2n) is 10.4. The molecule has 1 aromatic carbocycles. The summed E-state index contributed by atoms with van der Waals surface area (Å²) in [6.45, 7) is 3.87. The fraction of sp³-hybridized carbons (Fsp3) is 0.500. The summed E-state index contributed by atoms with van der Waals surface area (Å²) in [7, 11) is 0. The first kappa shape index (κ1) is 28.8. The molecule has 0 aliphatic carbocycles. The summed E-state index contributed by atoms with van der Waals surface area (Å²) in [5, 5.41) is 4.74. The van der Waals surface area contributed by atoms with E-state index in [2.05, 4.69) is 15.2 Å². The molecule has 212 valence electrons. The van der Waals surface area contributed by atoms with Crippen molar-refractivity contribution in [3.63, 3.8) is 0 Å². The molecule has 2 aliphatic heterocycles. The summed E-state index contributed by atoms with van der Waals surface area (Å²) in [6.07, 6.45) is -0.364. The maximum absolute atomic E-state index is 13.6. The van der Waals surface area contributed by atoms with Gasteiger partial charge in [-0.25, -0.2) is 13.8 Å². The molecular weight excluding hydrogens is 547 g/mol. The SMILES string of the molecule is C[C@@H](NC(=O)c1ccc(N2[C@@H]3CC[C@H]2CC(NC(=O)C(C)(C)Oc2cc(F)c(F)cc2Cl)C3)nc1)C(F)(F)F. The lowest BCUT2D eigenvalue weighted by Gasteiger charge is -2.40. The number of nitrogens with one attached hydrogen (secondary N) is 2. The Bertz CT molecular complexity index is 1230. The molecule has 2 fully saturated rings. The number of piperidine rings is 1. The molecule has 4 rings (SSSR count). The van der Waals surface area contributed by atoms with E-state index in [1.807, 2.05) is 5.32 Å². The Balaban J connectivity index is 1.37. The van der Waals surface area contributed by atoms with Crippen LogP contribution in [-0.2, 0) is 4.79 Å². The van der Waals surface area contributed by atoms with Crippen LogP contribution >= 0.6 is 11.6 Å². The maximum atomic E-state index is 13.6. The van der Waals surface area contributed by atoms with Crippen LogP contribution < -0.4 is 20.3 Å². The van der Waals surface area contributed by atoms with Gasteiger partial charge in [-0.2, -0.15) is 13.2 Å². The van der Waals surface area contributed by atoms with Crippen molar-refractivity contribution in [1.82, 2.24) is 15.6 Å². The molecule has 3 heterocycles. The number of anilines is 1. The van der Waals surface area contributed by atoms with Gasteiger partial charge in [0.05, 0.1) is 10.6 Å². The molecule has 0 radical (unpaired) electrons. The van der Waals surface area contributed by atoms with Gasteiger partial charge in [0.25, 0.3) is 11.8 Å². The number of hydrogen-bond acceptors (Lipinski definition) is 5. The van der Waals surface area contributed by atoms with E-state index in [-0.39, 0.29) is 34.5 Å². The molecule has 2 aromatic rings. The average molecular weight is 575 g/mol. The van der Waals surface area contributed by atoms with Crippen LogP contribution in [0, 0.1) is 11.6 Å². The van der Waals surface area contributed by atoms with Crippen LogP contribution in [0.3, 0.4) is 0 Å². The van der Waals surface area contributed by atoms with Crippen LogP contribution in [0.1, 0.15) is 56.8 Å². The maximum Gasteiger partial charge on any atom is 0.408 e. The number of amides is 2. The minimum absolute atomic E-state index is 0.0210.